The van der Waals surface area contributed by atoms with Crippen LogP contribution < -0.4 is 15.4 Å². The Morgan fingerprint density at radius 3 is 2.59 bits per heavy atom. The van der Waals surface area contributed by atoms with E-state index in [9.17, 15) is 19.7 Å². The van der Waals surface area contributed by atoms with Gasteiger partial charge in [-0.25, -0.2) is 0 Å². The van der Waals surface area contributed by atoms with Gasteiger partial charge in [0.15, 0.2) is 5.16 Å². The van der Waals surface area contributed by atoms with Crippen molar-refractivity contribution in [1.82, 2.24) is 20.1 Å². The van der Waals surface area contributed by atoms with Gasteiger partial charge in [0.25, 0.3) is 11.6 Å². The summed E-state index contributed by atoms with van der Waals surface area (Å²) in [6, 6.07) is 11.1. The number of thioether (sulfide) groups is 1. The minimum atomic E-state index is -0.510. The van der Waals surface area contributed by atoms with Crippen molar-refractivity contribution in [1.29, 1.82) is 0 Å². The van der Waals surface area contributed by atoms with Crippen LogP contribution in [0.5, 0.6) is 5.75 Å². The van der Waals surface area contributed by atoms with E-state index in [1.807, 2.05) is 0 Å². The number of ether oxygens (including phenoxy) is 1. The molecule has 2 aromatic carbocycles. The first-order valence-electron chi connectivity index (χ1n) is 10.3. The van der Waals surface area contributed by atoms with Crippen LogP contribution in [0.15, 0.2) is 47.6 Å². The average Bonchev–Trinajstić information content (AvgIpc) is 3.18. The summed E-state index contributed by atoms with van der Waals surface area (Å²) in [5.74, 6) is 0.877. The van der Waals surface area contributed by atoms with Crippen LogP contribution in [0, 0.1) is 17.0 Å². The second kappa shape index (κ2) is 11.3. The van der Waals surface area contributed by atoms with Crippen molar-refractivity contribution in [2.75, 3.05) is 24.7 Å². The number of non-ortho nitro benzene ring substituents is 1. The molecule has 0 radical (unpaired) electrons. The van der Waals surface area contributed by atoms with Crippen LogP contribution >= 0.6 is 11.8 Å². The molecule has 2 amide bonds. The zero-order chi connectivity index (χ0) is 24.7. The highest BCUT2D eigenvalue weighted by molar-refractivity contribution is 7.99. The van der Waals surface area contributed by atoms with E-state index in [1.54, 1.807) is 56.0 Å². The second-order valence-corrected chi connectivity index (χ2v) is 8.23. The number of nitro benzene ring substituents is 1. The number of hydrogen-bond donors (Lipinski definition) is 2. The zero-order valence-corrected chi connectivity index (χ0v) is 19.7. The summed E-state index contributed by atoms with van der Waals surface area (Å²) in [4.78, 5) is 35.0. The van der Waals surface area contributed by atoms with Crippen molar-refractivity contribution in [3.05, 3.63) is 69.5 Å². The molecule has 0 aliphatic carbocycles. The monoisotopic (exact) mass is 484 g/mol. The molecule has 11 nitrogen and oxygen atoms in total. The van der Waals surface area contributed by atoms with E-state index >= 15 is 0 Å². The number of rotatable bonds is 10. The highest BCUT2D eigenvalue weighted by Gasteiger charge is 2.14. The van der Waals surface area contributed by atoms with Gasteiger partial charge in [0.1, 0.15) is 11.6 Å². The molecule has 0 aliphatic rings. The maximum Gasteiger partial charge on any atom is 0.271 e. The molecule has 1 aromatic heterocycles. The van der Waals surface area contributed by atoms with E-state index in [0.717, 1.165) is 5.56 Å². The number of aryl methyl sites for hydroxylation is 1. The molecular weight excluding hydrogens is 460 g/mol. The molecule has 12 heteroatoms. The lowest BCUT2D eigenvalue weighted by Gasteiger charge is -2.08. The molecule has 0 saturated carbocycles. The van der Waals surface area contributed by atoms with Gasteiger partial charge in [-0.05, 0) is 36.8 Å². The van der Waals surface area contributed by atoms with E-state index in [4.69, 9.17) is 4.74 Å². The lowest BCUT2D eigenvalue weighted by Crippen LogP contribution is -2.26. The van der Waals surface area contributed by atoms with Crippen molar-refractivity contribution in [3.8, 4) is 5.75 Å². The number of carbonyl (C=O) groups excluding carboxylic acids is 2. The van der Waals surface area contributed by atoms with Gasteiger partial charge in [0.2, 0.25) is 5.91 Å². The molecule has 178 valence electrons. The normalized spacial score (nSPS) is 10.6. The molecule has 34 heavy (non-hydrogen) atoms. The number of aromatic nitrogens is 3. The van der Waals surface area contributed by atoms with Crippen molar-refractivity contribution in [2.24, 2.45) is 7.05 Å². The average molecular weight is 485 g/mol. The number of hydrogen-bond acceptors (Lipinski definition) is 8. The smallest absolute Gasteiger partial charge is 0.271 e. The summed E-state index contributed by atoms with van der Waals surface area (Å²) in [6.45, 7) is 2.13. The van der Waals surface area contributed by atoms with E-state index in [1.165, 1.54) is 23.9 Å². The third-order valence-corrected chi connectivity index (χ3v) is 5.97. The van der Waals surface area contributed by atoms with Crippen LogP contribution in [0.2, 0.25) is 0 Å². The van der Waals surface area contributed by atoms with E-state index < -0.39 is 4.92 Å². The number of nitrogens with one attached hydrogen (secondary N) is 2. The number of nitrogens with zero attached hydrogens (tertiary/aromatic N) is 4. The Labute approximate surface area is 200 Å². The van der Waals surface area contributed by atoms with E-state index in [0.29, 0.717) is 40.9 Å². The van der Waals surface area contributed by atoms with Crippen molar-refractivity contribution >= 4 is 35.0 Å². The first-order valence-corrected chi connectivity index (χ1v) is 11.2. The van der Waals surface area contributed by atoms with Gasteiger partial charge >= 0.3 is 0 Å². The summed E-state index contributed by atoms with van der Waals surface area (Å²) < 4.78 is 6.84. The Morgan fingerprint density at radius 2 is 1.91 bits per heavy atom. The summed E-state index contributed by atoms with van der Waals surface area (Å²) in [5, 5.41) is 25.3. The largest absolute Gasteiger partial charge is 0.497 e. The third-order valence-electron chi connectivity index (χ3n) is 4.95. The molecule has 1 heterocycles. The van der Waals surface area contributed by atoms with E-state index in [-0.39, 0.29) is 23.3 Å². The third kappa shape index (κ3) is 6.32. The lowest BCUT2D eigenvalue weighted by atomic mass is 10.2. The summed E-state index contributed by atoms with van der Waals surface area (Å²) in [6.07, 6.45) is 0.463. The van der Waals surface area contributed by atoms with Crippen LogP contribution in [0.4, 0.5) is 11.4 Å². The summed E-state index contributed by atoms with van der Waals surface area (Å²) >= 11 is 1.20. The Balaban J connectivity index is 1.49. The molecular formula is C22H24N6O5S. The quantitative estimate of drug-likeness (QED) is 0.254. The maximum absolute atomic E-state index is 12.3. The number of benzene rings is 2. The number of nitro groups is 1. The van der Waals surface area contributed by atoms with Gasteiger partial charge in [-0.3, -0.25) is 19.7 Å². The molecule has 0 atom stereocenters. The Bertz CT molecular complexity index is 1190. The Kier molecular flexibility index (Phi) is 8.19. The van der Waals surface area contributed by atoms with Gasteiger partial charge in [-0.2, -0.15) is 0 Å². The van der Waals surface area contributed by atoms with Crippen LogP contribution in [-0.4, -0.2) is 50.9 Å². The zero-order valence-electron chi connectivity index (χ0n) is 18.9. The standard InChI is InChI=1S/C22H24N6O5S/c1-14-4-7-16(28(31)32)12-18(14)24-20(29)13-34-22-26-25-19(27(22)2)10-11-23-21(30)15-5-8-17(33-3)9-6-15/h4-9,12H,10-11,13H2,1-3H3,(H,23,30)(H,24,29). The highest BCUT2D eigenvalue weighted by Crippen LogP contribution is 2.23. The molecule has 3 aromatic rings. The SMILES string of the molecule is COc1ccc(C(=O)NCCc2nnc(SCC(=O)Nc3cc([N+](=O)[O-])ccc3C)n2C)cc1. The fourth-order valence-corrected chi connectivity index (χ4v) is 3.73. The fraction of sp³-hybridized carbons (Fsp3) is 0.273. The van der Waals surface area contributed by atoms with Gasteiger partial charge in [-0.15, -0.1) is 10.2 Å². The van der Waals surface area contributed by atoms with Crippen LogP contribution in [-0.2, 0) is 18.3 Å². The Morgan fingerprint density at radius 1 is 1.18 bits per heavy atom. The van der Waals surface area contributed by atoms with Gasteiger partial charge in [-0.1, -0.05) is 17.8 Å². The maximum atomic E-state index is 12.3. The van der Waals surface area contributed by atoms with E-state index in [2.05, 4.69) is 20.8 Å². The van der Waals surface area contributed by atoms with Gasteiger partial charge in [0.05, 0.1) is 23.5 Å². The Hall–Kier alpha value is -3.93. The second-order valence-electron chi connectivity index (χ2n) is 7.29. The van der Waals surface area contributed by atoms with Gasteiger partial charge < -0.3 is 19.9 Å². The molecule has 3 rings (SSSR count). The van der Waals surface area contributed by atoms with Crippen LogP contribution in [0.1, 0.15) is 21.7 Å². The van der Waals surface area contributed by atoms with Crippen LogP contribution in [0.25, 0.3) is 0 Å². The summed E-state index contributed by atoms with van der Waals surface area (Å²) in [5.41, 5.74) is 1.55. The molecule has 0 saturated heterocycles. The lowest BCUT2D eigenvalue weighted by molar-refractivity contribution is -0.384. The van der Waals surface area contributed by atoms with Crippen molar-refractivity contribution in [2.45, 2.75) is 18.5 Å². The van der Waals surface area contributed by atoms with Crippen LogP contribution in [0.3, 0.4) is 0 Å². The molecule has 2 N–H and O–H groups in total. The number of methoxy groups -OCH3 is 1. The molecule has 0 unspecified atom stereocenters. The predicted molar refractivity (Wildman–Crippen MR) is 127 cm³/mol. The molecule has 0 aliphatic heterocycles. The minimum Gasteiger partial charge on any atom is -0.497 e. The van der Waals surface area contributed by atoms with Crippen molar-refractivity contribution < 1.29 is 19.2 Å². The predicted octanol–water partition coefficient (Wildman–Crippen LogP) is 2.74. The topological polar surface area (TPSA) is 141 Å². The first kappa shape index (κ1) is 24.7. The van der Waals surface area contributed by atoms with Gasteiger partial charge in [0, 0.05) is 37.7 Å². The minimum absolute atomic E-state index is 0.0578. The number of anilines is 1. The number of carbonyl (C=O) groups is 2. The number of amides is 2. The molecule has 0 spiro atoms. The highest BCUT2D eigenvalue weighted by atomic mass is 32.2. The summed E-state index contributed by atoms with van der Waals surface area (Å²) in [7, 11) is 3.35. The fourth-order valence-electron chi connectivity index (χ4n) is 3.00. The molecule has 0 fully saturated rings. The molecule has 0 bridgehead atoms. The first-order chi connectivity index (χ1) is 16.3. The van der Waals surface area contributed by atoms with Crippen molar-refractivity contribution in [3.63, 3.8) is 0 Å².